The minimum Gasteiger partial charge on any atom is -0.504 e. The zero-order valence-corrected chi connectivity index (χ0v) is 9.74. The van der Waals surface area contributed by atoms with Crippen LogP contribution in [0.1, 0.15) is 0 Å². The first-order chi connectivity index (χ1) is 8.78. The van der Waals surface area contributed by atoms with Gasteiger partial charge in [-0.2, -0.15) is 0 Å². The largest absolute Gasteiger partial charge is 0.504 e. The van der Waals surface area contributed by atoms with Crippen molar-refractivity contribution in [3.63, 3.8) is 0 Å². The predicted molar refractivity (Wildman–Crippen MR) is 66.6 cm³/mol. The minimum atomic E-state index is 0.117. The lowest BCUT2D eigenvalue weighted by Gasteiger charge is -2.04. The molecule has 1 aromatic carbocycles. The van der Waals surface area contributed by atoms with Crippen molar-refractivity contribution < 1.29 is 9.84 Å². The summed E-state index contributed by atoms with van der Waals surface area (Å²) in [6.45, 7) is 0. The van der Waals surface area contributed by atoms with E-state index in [2.05, 4.69) is 9.97 Å². The van der Waals surface area contributed by atoms with Gasteiger partial charge >= 0.3 is 0 Å². The van der Waals surface area contributed by atoms with E-state index in [0.29, 0.717) is 5.75 Å². The molecule has 3 rings (SSSR count). The predicted octanol–water partition coefficient (Wildman–Crippen LogP) is 2.11. The third-order valence-corrected chi connectivity index (χ3v) is 2.74. The van der Waals surface area contributed by atoms with Gasteiger partial charge in [0.2, 0.25) is 0 Å². The molecule has 0 aliphatic heterocycles. The molecule has 2 heterocycles. The van der Waals surface area contributed by atoms with E-state index < -0.39 is 0 Å². The molecule has 0 saturated carbocycles. The van der Waals surface area contributed by atoms with Crippen LogP contribution < -0.4 is 4.74 Å². The molecule has 0 radical (unpaired) electrons. The van der Waals surface area contributed by atoms with Gasteiger partial charge in [-0.15, -0.1) is 0 Å². The van der Waals surface area contributed by atoms with E-state index >= 15 is 0 Å². The molecule has 3 aromatic rings. The Morgan fingerprint density at radius 2 is 2.17 bits per heavy atom. The van der Waals surface area contributed by atoms with E-state index in [1.165, 1.54) is 7.11 Å². The Kier molecular flexibility index (Phi) is 2.37. The first kappa shape index (κ1) is 10.6. The summed E-state index contributed by atoms with van der Waals surface area (Å²) in [4.78, 5) is 8.50. The van der Waals surface area contributed by atoms with Crippen molar-refractivity contribution in [1.82, 2.24) is 14.4 Å². The SMILES string of the molecule is COc1cc(-c2cn3cnccc3n2)ccc1O. The van der Waals surface area contributed by atoms with Crippen LogP contribution >= 0.6 is 0 Å². The van der Waals surface area contributed by atoms with Crippen molar-refractivity contribution in [1.29, 1.82) is 0 Å². The van der Waals surface area contributed by atoms with Crippen LogP contribution in [0.15, 0.2) is 43.0 Å². The quantitative estimate of drug-likeness (QED) is 0.746. The molecule has 2 aromatic heterocycles. The van der Waals surface area contributed by atoms with Crippen LogP contribution in [-0.4, -0.2) is 26.6 Å². The van der Waals surface area contributed by atoms with E-state index in [9.17, 15) is 5.11 Å². The summed E-state index contributed by atoms with van der Waals surface area (Å²) in [5.41, 5.74) is 2.52. The fourth-order valence-corrected chi connectivity index (χ4v) is 1.82. The normalized spacial score (nSPS) is 10.7. The summed E-state index contributed by atoms with van der Waals surface area (Å²) in [6.07, 6.45) is 5.28. The van der Waals surface area contributed by atoms with Crippen molar-refractivity contribution in [2.24, 2.45) is 0 Å². The highest BCUT2D eigenvalue weighted by molar-refractivity contribution is 5.65. The summed E-state index contributed by atoms with van der Waals surface area (Å²) in [5, 5.41) is 9.56. The van der Waals surface area contributed by atoms with Crippen LogP contribution in [0.25, 0.3) is 16.9 Å². The average molecular weight is 241 g/mol. The van der Waals surface area contributed by atoms with Crippen molar-refractivity contribution in [3.05, 3.63) is 43.0 Å². The molecule has 18 heavy (non-hydrogen) atoms. The molecule has 0 atom stereocenters. The van der Waals surface area contributed by atoms with Gasteiger partial charge < -0.3 is 9.84 Å². The summed E-state index contributed by atoms with van der Waals surface area (Å²) in [7, 11) is 1.52. The Morgan fingerprint density at radius 3 is 2.94 bits per heavy atom. The molecule has 0 aliphatic carbocycles. The van der Waals surface area contributed by atoms with Crippen LogP contribution in [0.5, 0.6) is 11.5 Å². The summed E-state index contributed by atoms with van der Waals surface area (Å²) in [6, 6.07) is 6.98. The molecule has 0 fully saturated rings. The highest BCUT2D eigenvalue weighted by Crippen LogP contribution is 2.30. The van der Waals surface area contributed by atoms with E-state index in [1.54, 1.807) is 30.7 Å². The molecule has 0 unspecified atom stereocenters. The monoisotopic (exact) mass is 241 g/mol. The average Bonchev–Trinajstić information content (AvgIpc) is 2.83. The maximum Gasteiger partial charge on any atom is 0.161 e. The minimum absolute atomic E-state index is 0.117. The van der Waals surface area contributed by atoms with E-state index in [-0.39, 0.29) is 5.75 Å². The Labute approximate surface area is 103 Å². The molecule has 0 amide bonds. The molecule has 90 valence electrons. The summed E-state index contributed by atoms with van der Waals surface area (Å²) in [5.74, 6) is 0.550. The maximum absolute atomic E-state index is 9.56. The summed E-state index contributed by atoms with van der Waals surface area (Å²) >= 11 is 0. The molecule has 0 aliphatic rings. The lowest BCUT2D eigenvalue weighted by molar-refractivity contribution is 0.373. The first-order valence-corrected chi connectivity index (χ1v) is 5.44. The van der Waals surface area contributed by atoms with Crippen LogP contribution in [0, 0.1) is 0 Å². The Hall–Kier alpha value is -2.56. The Balaban J connectivity index is 2.13. The number of phenols is 1. The van der Waals surface area contributed by atoms with Gasteiger partial charge in [0.05, 0.1) is 12.8 Å². The number of nitrogens with zero attached hydrogens (tertiary/aromatic N) is 3. The number of imidazole rings is 1. The molecule has 5 heteroatoms. The Bertz CT molecular complexity index is 673. The standard InChI is InChI=1S/C13H11N3O2/c1-18-12-6-9(2-3-11(12)17)10-7-16-8-14-5-4-13(16)15-10/h2-8,17H,1H3. The zero-order valence-electron chi connectivity index (χ0n) is 9.74. The maximum atomic E-state index is 9.56. The zero-order chi connectivity index (χ0) is 12.5. The molecular formula is C13H11N3O2. The molecule has 0 saturated heterocycles. The highest BCUT2D eigenvalue weighted by atomic mass is 16.5. The number of hydrogen-bond donors (Lipinski definition) is 1. The third-order valence-electron chi connectivity index (χ3n) is 2.74. The van der Waals surface area contributed by atoms with E-state index in [4.69, 9.17) is 4.74 Å². The summed E-state index contributed by atoms with van der Waals surface area (Å²) < 4.78 is 6.93. The van der Waals surface area contributed by atoms with Crippen LogP contribution in [0.4, 0.5) is 0 Å². The number of hydrogen-bond acceptors (Lipinski definition) is 4. The molecule has 0 bridgehead atoms. The van der Waals surface area contributed by atoms with Gasteiger partial charge in [-0.3, -0.25) is 4.40 Å². The van der Waals surface area contributed by atoms with E-state index in [0.717, 1.165) is 16.9 Å². The van der Waals surface area contributed by atoms with Gasteiger partial charge in [-0.25, -0.2) is 9.97 Å². The van der Waals surface area contributed by atoms with Gasteiger partial charge in [-0.1, -0.05) is 0 Å². The second-order valence-electron chi connectivity index (χ2n) is 3.86. The fourth-order valence-electron chi connectivity index (χ4n) is 1.82. The van der Waals surface area contributed by atoms with Crippen molar-refractivity contribution in [2.45, 2.75) is 0 Å². The number of aromatic hydroxyl groups is 1. The van der Waals surface area contributed by atoms with Gasteiger partial charge in [0.15, 0.2) is 11.5 Å². The Morgan fingerprint density at radius 1 is 1.28 bits per heavy atom. The molecule has 1 N–H and O–H groups in total. The number of benzene rings is 1. The first-order valence-electron chi connectivity index (χ1n) is 5.44. The number of ether oxygens (including phenoxy) is 1. The van der Waals surface area contributed by atoms with Crippen LogP contribution in [-0.2, 0) is 0 Å². The molecular weight excluding hydrogens is 230 g/mol. The van der Waals surface area contributed by atoms with Crippen molar-refractivity contribution >= 4 is 5.65 Å². The lowest BCUT2D eigenvalue weighted by atomic mass is 10.1. The third kappa shape index (κ3) is 1.66. The van der Waals surface area contributed by atoms with Crippen molar-refractivity contribution in [2.75, 3.05) is 7.11 Å². The van der Waals surface area contributed by atoms with Gasteiger partial charge in [0.1, 0.15) is 12.0 Å². The van der Waals surface area contributed by atoms with Gasteiger partial charge in [0.25, 0.3) is 0 Å². The second kappa shape index (κ2) is 4.03. The lowest BCUT2D eigenvalue weighted by Crippen LogP contribution is -1.85. The van der Waals surface area contributed by atoms with Crippen LogP contribution in [0.2, 0.25) is 0 Å². The van der Waals surface area contributed by atoms with E-state index in [1.807, 2.05) is 16.7 Å². The van der Waals surface area contributed by atoms with Gasteiger partial charge in [0, 0.05) is 18.0 Å². The molecule has 5 nitrogen and oxygen atoms in total. The number of methoxy groups -OCH3 is 1. The fraction of sp³-hybridized carbons (Fsp3) is 0.0769. The van der Waals surface area contributed by atoms with Crippen LogP contribution in [0.3, 0.4) is 0 Å². The number of phenolic OH excluding ortho intramolecular Hbond substituents is 1. The number of rotatable bonds is 2. The number of fused-ring (bicyclic) bond motifs is 1. The van der Waals surface area contributed by atoms with Crippen molar-refractivity contribution in [3.8, 4) is 22.8 Å². The topological polar surface area (TPSA) is 59.7 Å². The second-order valence-corrected chi connectivity index (χ2v) is 3.86. The van der Waals surface area contributed by atoms with Gasteiger partial charge in [-0.05, 0) is 24.3 Å². The smallest absolute Gasteiger partial charge is 0.161 e. The number of aromatic nitrogens is 3. The highest BCUT2D eigenvalue weighted by Gasteiger charge is 2.08. The molecule has 0 spiro atoms.